The molecule has 0 atom stereocenters. The minimum absolute atomic E-state index is 0.357. The molecule has 0 aliphatic heterocycles. The summed E-state index contributed by atoms with van der Waals surface area (Å²) in [4.78, 5) is 8.57. The molecule has 0 fully saturated rings. The quantitative estimate of drug-likeness (QED) is 0.216. The van der Waals surface area contributed by atoms with Crippen molar-refractivity contribution >= 4 is 38.0 Å². The van der Waals surface area contributed by atoms with Crippen LogP contribution >= 0.6 is 0 Å². The predicted molar refractivity (Wildman–Crippen MR) is 176 cm³/mol. The number of rotatable bonds is 5. The van der Waals surface area contributed by atoms with Gasteiger partial charge < -0.3 is 10.3 Å². The molecule has 0 saturated carbocycles. The lowest BCUT2D eigenvalue weighted by Crippen LogP contribution is -2.06. The first kappa shape index (κ1) is 25.6. The van der Waals surface area contributed by atoms with E-state index in [1.807, 2.05) is 0 Å². The summed E-state index contributed by atoms with van der Waals surface area (Å²) in [6.45, 7) is 15.3. The van der Waals surface area contributed by atoms with Gasteiger partial charge in [0.2, 0.25) is 0 Å². The van der Waals surface area contributed by atoms with Gasteiger partial charge in [0.05, 0.1) is 5.69 Å². The molecule has 0 radical (unpaired) electrons. The molecule has 1 aliphatic carbocycles. The molecule has 5 aromatic carbocycles. The van der Waals surface area contributed by atoms with Crippen LogP contribution in [0.2, 0.25) is 0 Å². The van der Waals surface area contributed by atoms with Gasteiger partial charge in [0.1, 0.15) is 5.82 Å². The van der Waals surface area contributed by atoms with Gasteiger partial charge >= 0.3 is 0 Å². The lowest BCUT2D eigenvalue weighted by atomic mass is 9.87. The molecule has 0 unspecified atom stereocenters. The van der Waals surface area contributed by atoms with Crippen LogP contribution in [0.25, 0.3) is 54.7 Å². The number of nitrogens with zero attached hydrogens (tertiary/aromatic N) is 1. The normalized spacial score (nSPS) is 12.9. The van der Waals surface area contributed by atoms with Crippen molar-refractivity contribution in [2.24, 2.45) is 5.92 Å². The molecule has 0 amide bonds. The van der Waals surface area contributed by atoms with Gasteiger partial charge in [0.15, 0.2) is 0 Å². The number of benzene rings is 5. The average molecular weight is 536 g/mol. The maximum Gasteiger partial charge on any atom is 0.109 e. The lowest BCUT2D eigenvalue weighted by molar-refractivity contribution is 0.778. The highest BCUT2D eigenvalue weighted by molar-refractivity contribution is 6.16. The predicted octanol–water partition coefficient (Wildman–Crippen LogP) is 10.3. The van der Waals surface area contributed by atoms with E-state index in [1.165, 1.54) is 65.8 Å². The summed E-state index contributed by atoms with van der Waals surface area (Å²) in [7, 11) is 0. The molecule has 41 heavy (non-hydrogen) atoms. The number of hydrogen-bond acceptors (Lipinski definition) is 2. The Hall–Kier alpha value is -4.37. The monoisotopic (exact) mass is 535 g/mol. The number of aromatic nitrogens is 2. The number of hydrogen-bond donors (Lipinski definition) is 2. The minimum atomic E-state index is 0.357. The third-order valence-electron chi connectivity index (χ3n) is 8.96. The van der Waals surface area contributed by atoms with Crippen LogP contribution in [0, 0.1) is 12.8 Å². The van der Waals surface area contributed by atoms with Crippen LogP contribution < -0.4 is 5.32 Å². The first-order chi connectivity index (χ1) is 19.8. The molecular weight excluding hydrogens is 498 g/mol. The number of aryl methyl sites for hydroxylation is 3. The third-order valence-corrected chi connectivity index (χ3v) is 8.96. The topological polar surface area (TPSA) is 40.7 Å². The Morgan fingerprint density at radius 2 is 1.54 bits per heavy atom. The van der Waals surface area contributed by atoms with Crippen molar-refractivity contribution in [3.8, 4) is 22.4 Å². The number of anilines is 1. The molecule has 0 saturated heterocycles. The molecule has 0 bridgehead atoms. The van der Waals surface area contributed by atoms with Gasteiger partial charge in [-0.15, -0.1) is 0 Å². The van der Waals surface area contributed by atoms with Gasteiger partial charge in [0.25, 0.3) is 0 Å². The summed E-state index contributed by atoms with van der Waals surface area (Å²) in [6, 6.07) is 27.2. The highest BCUT2D eigenvalue weighted by Crippen LogP contribution is 2.41. The molecule has 2 N–H and O–H groups in total. The Kier molecular flexibility index (Phi) is 6.01. The van der Waals surface area contributed by atoms with E-state index >= 15 is 0 Å². The summed E-state index contributed by atoms with van der Waals surface area (Å²) in [5.74, 6) is 1.84. The maximum absolute atomic E-state index is 4.99. The molecule has 6 aromatic rings. The Bertz CT molecular complexity index is 2000. The van der Waals surface area contributed by atoms with Crippen molar-refractivity contribution < 1.29 is 0 Å². The molecule has 3 heteroatoms. The van der Waals surface area contributed by atoms with Gasteiger partial charge in [-0.05, 0) is 87.0 Å². The average Bonchev–Trinajstić information content (AvgIpc) is 3.44. The number of nitrogens with one attached hydrogen (secondary N) is 2. The van der Waals surface area contributed by atoms with Crippen molar-refractivity contribution in [1.29, 1.82) is 0 Å². The van der Waals surface area contributed by atoms with E-state index in [4.69, 9.17) is 4.98 Å². The largest absolute Gasteiger partial charge is 0.358 e. The molecule has 1 aliphatic rings. The maximum atomic E-state index is 4.99. The van der Waals surface area contributed by atoms with E-state index in [0.717, 1.165) is 35.7 Å². The van der Waals surface area contributed by atoms with E-state index < -0.39 is 0 Å². The van der Waals surface area contributed by atoms with Crippen LogP contribution in [0.3, 0.4) is 0 Å². The zero-order chi connectivity index (χ0) is 28.4. The van der Waals surface area contributed by atoms with Gasteiger partial charge in [-0.3, -0.25) is 0 Å². The zero-order valence-electron chi connectivity index (χ0n) is 24.7. The molecule has 0 spiro atoms. The van der Waals surface area contributed by atoms with E-state index in [2.05, 4.69) is 124 Å². The molecule has 7 rings (SSSR count). The lowest BCUT2D eigenvalue weighted by Gasteiger charge is -2.20. The summed E-state index contributed by atoms with van der Waals surface area (Å²) >= 11 is 0. The third kappa shape index (κ3) is 4.14. The summed E-state index contributed by atoms with van der Waals surface area (Å²) in [5, 5.41) is 11.4. The van der Waals surface area contributed by atoms with Crippen LogP contribution in [0.4, 0.5) is 5.69 Å². The molecule has 3 nitrogen and oxygen atoms in total. The summed E-state index contributed by atoms with van der Waals surface area (Å²) < 4.78 is 0. The number of imidazole rings is 1. The van der Waals surface area contributed by atoms with Gasteiger partial charge in [-0.25, -0.2) is 4.98 Å². The number of allylic oxidation sites excluding steroid dienone is 1. The molecule has 1 heterocycles. The fraction of sp³-hybridized carbons (Fsp3) is 0.237. The molecule has 204 valence electrons. The second kappa shape index (κ2) is 9.62. The van der Waals surface area contributed by atoms with E-state index in [-0.39, 0.29) is 0 Å². The van der Waals surface area contributed by atoms with Crippen LogP contribution in [-0.2, 0) is 12.8 Å². The fourth-order valence-electron chi connectivity index (χ4n) is 6.43. The summed E-state index contributed by atoms with van der Waals surface area (Å²) in [5.41, 5.74) is 11.1. The van der Waals surface area contributed by atoms with Crippen molar-refractivity contribution in [2.75, 3.05) is 5.32 Å². The van der Waals surface area contributed by atoms with E-state index in [1.54, 1.807) is 0 Å². The van der Waals surface area contributed by atoms with Crippen molar-refractivity contribution in [3.05, 3.63) is 108 Å². The standard InChI is InChI=1S/C38H37N3/c1-21(2)24(6)39-36-23(5)28-9-7-8-10-30(28)34-20-26(12-15-33(34)36)25-11-14-29-27(19-25)13-16-32-31(29)17-18-35-37(32)41-38(40-35)22(3)4/h7-16,19-22,39H,6,17-18H2,1-5H3,(H,40,41). The van der Waals surface area contributed by atoms with Crippen LogP contribution in [0.5, 0.6) is 0 Å². The van der Waals surface area contributed by atoms with Crippen LogP contribution in [0.1, 0.15) is 56.3 Å². The van der Waals surface area contributed by atoms with Gasteiger partial charge in [-0.1, -0.05) is 94.9 Å². The smallest absolute Gasteiger partial charge is 0.109 e. The second-order valence-corrected chi connectivity index (χ2v) is 12.2. The zero-order valence-corrected chi connectivity index (χ0v) is 24.7. The summed E-state index contributed by atoms with van der Waals surface area (Å²) in [6.07, 6.45) is 2.05. The van der Waals surface area contributed by atoms with Crippen LogP contribution in [0.15, 0.2) is 85.1 Å². The first-order valence-electron chi connectivity index (χ1n) is 14.9. The molecular formula is C38H37N3. The Balaban J connectivity index is 1.35. The minimum Gasteiger partial charge on any atom is -0.358 e. The first-order valence-corrected chi connectivity index (χ1v) is 14.9. The van der Waals surface area contributed by atoms with E-state index in [9.17, 15) is 0 Å². The van der Waals surface area contributed by atoms with Gasteiger partial charge in [-0.2, -0.15) is 0 Å². The van der Waals surface area contributed by atoms with Crippen LogP contribution in [-0.4, -0.2) is 9.97 Å². The van der Waals surface area contributed by atoms with E-state index in [0.29, 0.717) is 11.8 Å². The SMILES string of the molecule is C=C(Nc1c(C)c2ccccc2c2cc(-c3ccc4c5c(ccc4c3)-c3nc(C(C)C)[nH]c3CC5)ccc12)C(C)C. The van der Waals surface area contributed by atoms with Crippen molar-refractivity contribution in [3.63, 3.8) is 0 Å². The Labute approximate surface area is 242 Å². The van der Waals surface area contributed by atoms with Gasteiger partial charge in [0, 0.05) is 33.9 Å². The highest BCUT2D eigenvalue weighted by Gasteiger charge is 2.23. The fourth-order valence-corrected chi connectivity index (χ4v) is 6.43. The second-order valence-electron chi connectivity index (χ2n) is 12.2. The van der Waals surface area contributed by atoms with Crippen molar-refractivity contribution in [2.45, 2.75) is 53.4 Å². The number of fused-ring (bicyclic) bond motifs is 8. The molecule has 1 aromatic heterocycles. The highest BCUT2D eigenvalue weighted by atomic mass is 14.9. The number of aromatic amines is 1. The number of H-pyrrole nitrogens is 1. The Morgan fingerprint density at radius 1 is 0.805 bits per heavy atom. The van der Waals surface area contributed by atoms with Crippen molar-refractivity contribution in [1.82, 2.24) is 9.97 Å². The Morgan fingerprint density at radius 3 is 2.29 bits per heavy atom.